The highest BCUT2D eigenvalue weighted by Crippen LogP contribution is 2.19. The molecular weight excluding hydrogens is 378 g/mol. The zero-order valence-electron chi connectivity index (χ0n) is 13.7. The molecule has 0 fully saturated rings. The van der Waals surface area contributed by atoms with Crippen molar-refractivity contribution in [3.05, 3.63) is 88.5 Å². The van der Waals surface area contributed by atoms with Crippen molar-refractivity contribution < 1.29 is 4.79 Å². The van der Waals surface area contributed by atoms with E-state index < -0.39 is 0 Å². The fourth-order valence-corrected chi connectivity index (χ4v) is 2.82. The van der Waals surface area contributed by atoms with Crippen molar-refractivity contribution in [3.63, 3.8) is 0 Å². The summed E-state index contributed by atoms with van der Waals surface area (Å²) < 4.78 is 0.989. The molecule has 25 heavy (non-hydrogen) atoms. The predicted octanol–water partition coefficient (Wildman–Crippen LogP) is 5.08. The van der Waals surface area contributed by atoms with E-state index in [1.165, 1.54) is 0 Å². The summed E-state index contributed by atoms with van der Waals surface area (Å²) in [5.74, 6) is 0.545. The van der Waals surface area contributed by atoms with Gasteiger partial charge in [0.05, 0.1) is 11.6 Å². The van der Waals surface area contributed by atoms with Crippen LogP contribution in [0, 0.1) is 0 Å². The minimum atomic E-state index is -0.141. The Hall–Kier alpha value is -2.66. The number of aromatic nitrogens is 1. The summed E-state index contributed by atoms with van der Waals surface area (Å²) in [6, 6.07) is 21.2. The second-order valence-corrected chi connectivity index (χ2v) is 6.59. The van der Waals surface area contributed by atoms with Gasteiger partial charge in [0.15, 0.2) is 0 Å². The number of anilines is 2. The van der Waals surface area contributed by atoms with Crippen LogP contribution in [0.25, 0.3) is 0 Å². The molecule has 3 aromatic rings. The first-order chi connectivity index (χ1) is 12.1. The minimum absolute atomic E-state index is 0.0619. The molecular formula is C20H18BrN3O. The van der Waals surface area contributed by atoms with Crippen LogP contribution in [0.3, 0.4) is 0 Å². The van der Waals surface area contributed by atoms with Gasteiger partial charge in [-0.25, -0.2) is 4.98 Å². The van der Waals surface area contributed by atoms with Gasteiger partial charge < -0.3 is 10.6 Å². The van der Waals surface area contributed by atoms with Crippen LogP contribution < -0.4 is 10.6 Å². The number of pyridine rings is 1. The minimum Gasteiger partial charge on any atom is -0.345 e. The number of rotatable bonds is 5. The summed E-state index contributed by atoms with van der Waals surface area (Å²) in [5, 5.41) is 6.19. The van der Waals surface area contributed by atoms with Gasteiger partial charge in [-0.15, -0.1) is 0 Å². The molecule has 1 heterocycles. The van der Waals surface area contributed by atoms with Crippen molar-refractivity contribution in [2.24, 2.45) is 0 Å². The maximum atomic E-state index is 12.4. The highest BCUT2D eigenvalue weighted by Gasteiger charge is 2.11. The topological polar surface area (TPSA) is 54.0 Å². The molecule has 5 heteroatoms. The van der Waals surface area contributed by atoms with E-state index in [-0.39, 0.29) is 11.9 Å². The Morgan fingerprint density at radius 2 is 1.84 bits per heavy atom. The van der Waals surface area contributed by atoms with Crippen molar-refractivity contribution in [1.82, 2.24) is 10.3 Å². The second kappa shape index (κ2) is 7.94. The van der Waals surface area contributed by atoms with E-state index in [2.05, 4.69) is 31.5 Å². The van der Waals surface area contributed by atoms with Gasteiger partial charge in [-0.3, -0.25) is 4.79 Å². The van der Waals surface area contributed by atoms with E-state index in [1.807, 2.05) is 61.5 Å². The van der Waals surface area contributed by atoms with Crippen LogP contribution >= 0.6 is 15.9 Å². The molecule has 0 spiro atoms. The molecule has 1 aromatic heterocycles. The Bertz CT molecular complexity index is 850. The molecule has 2 N–H and O–H groups in total. The zero-order chi connectivity index (χ0) is 17.6. The van der Waals surface area contributed by atoms with E-state index in [0.29, 0.717) is 11.4 Å². The van der Waals surface area contributed by atoms with Crippen LogP contribution in [0.15, 0.2) is 77.4 Å². The van der Waals surface area contributed by atoms with E-state index in [0.717, 1.165) is 15.7 Å². The first-order valence-corrected chi connectivity index (χ1v) is 8.75. The van der Waals surface area contributed by atoms with Gasteiger partial charge in [-0.1, -0.05) is 52.3 Å². The van der Waals surface area contributed by atoms with Crippen LogP contribution in [0.4, 0.5) is 11.5 Å². The average molecular weight is 396 g/mol. The lowest BCUT2D eigenvalue weighted by Gasteiger charge is -2.14. The standard InChI is InChI=1S/C20H18BrN3O/c1-14(15-6-3-2-4-7-15)23-20(25)16-10-11-19(22-13-16)24-18-9-5-8-17(21)12-18/h2-14H,1H3,(H,22,24)(H,23,25). The molecule has 0 aliphatic carbocycles. The first-order valence-electron chi connectivity index (χ1n) is 7.96. The summed E-state index contributed by atoms with van der Waals surface area (Å²) in [7, 11) is 0. The van der Waals surface area contributed by atoms with Gasteiger partial charge in [0.1, 0.15) is 5.82 Å². The van der Waals surface area contributed by atoms with Crippen molar-refractivity contribution in [2.45, 2.75) is 13.0 Å². The van der Waals surface area contributed by atoms with Crippen molar-refractivity contribution in [2.75, 3.05) is 5.32 Å². The van der Waals surface area contributed by atoms with Crippen molar-refractivity contribution >= 4 is 33.3 Å². The summed E-state index contributed by atoms with van der Waals surface area (Å²) in [5.41, 5.74) is 2.52. The highest BCUT2D eigenvalue weighted by atomic mass is 79.9. The van der Waals surface area contributed by atoms with Crippen LogP contribution in [0.1, 0.15) is 28.9 Å². The molecule has 3 rings (SSSR count). The molecule has 1 atom stereocenters. The molecule has 0 aliphatic rings. The molecule has 1 unspecified atom stereocenters. The first kappa shape index (κ1) is 17.2. The molecule has 126 valence electrons. The van der Waals surface area contributed by atoms with E-state index in [4.69, 9.17) is 0 Å². The molecule has 0 aliphatic heterocycles. The number of hydrogen-bond donors (Lipinski definition) is 2. The largest absolute Gasteiger partial charge is 0.345 e. The molecule has 2 aromatic carbocycles. The summed E-state index contributed by atoms with van der Waals surface area (Å²) in [6.45, 7) is 1.96. The summed E-state index contributed by atoms with van der Waals surface area (Å²) in [4.78, 5) is 16.7. The highest BCUT2D eigenvalue weighted by molar-refractivity contribution is 9.10. The Balaban J connectivity index is 1.64. The van der Waals surface area contributed by atoms with Crippen LogP contribution in [0.2, 0.25) is 0 Å². The lowest BCUT2D eigenvalue weighted by Crippen LogP contribution is -2.26. The molecule has 0 saturated carbocycles. The number of amides is 1. The zero-order valence-corrected chi connectivity index (χ0v) is 15.3. The summed E-state index contributed by atoms with van der Waals surface area (Å²) in [6.07, 6.45) is 1.58. The Morgan fingerprint density at radius 1 is 1.04 bits per heavy atom. The number of nitrogens with one attached hydrogen (secondary N) is 2. The maximum absolute atomic E-state index is 12.4. The van der Waals surface area contributed by atoms with E-state index in [9.17, 15) is 4.79 Å². The van der Waals surface area contributed by atoms with E-state index >= 15 is 0 Å². The number of benzene rings is 2. The lowest BCUT2D eigenvalue weighted by molar-refractivity contribution is 0.0939. The number of carbonyl (C=O) groups excluding carboxylic acids is 1. The van der Waals surface area contributed by atoms with Gasteiger partial charge in [0.25, 0.3) is 5.91 Å². The van der Waals surface area contributed by atoms with Gasteiger partial charge in [0.2, 0.25) is 0 Å². The lowest BCUT2D eigenvalue weighted by atomic mass is 10.1. The SMILES string of the molecule is CC(NC(=O)c1ccc(Nc2cccc(Br)c2)nc1)c1ccccc1. The third-order valence-electron chi connectivity index (χ3n) is 3.77. The Kier molecular flexibility index (Phi) is 5.46. The van der Waals surface area contributed by atoms with Crippen molar-refractivity contribution in [1.29, 1.82) is 0 Å². The smallest absolute Gasteiger partial charge is 0.253 e. The summed E-state index contributed by atoms with van der Waals surface area (Å²) >= 11 is 3.43. The molecule has 1 amide bonds. The fraction of sp³-hybridized carbons (Fsp3) is 0.100. The monoisotopic (exact) mass is 395 g/mol. The molecule has 0 radical (unpaired) electrons. The van der Waals surface area contributed by atoms with Crippen LogP contribution in [0.5, 0.6) is 0 Å². The average Bonchev–Trinajstić information content (AvgIpc) is 2.63. The Labute approximate surface area is 155 Å². The third kappa shape index (κ3) is 4.67. The molecule has 4 nitrogen and oxygen atoms in total. The molecule has 0 bridgehead atoms. The van der Waals surface area contributed by atoms with Crippen LogP contribution in [-0.2, 0) is 0 Å². The normalized spacial score (nSPS) is 11.6. The van der Waals surface area contributed by atoms with Gasteiger partial charge in [0, 0.05) is 16.4 Å². The van der Waals surface area contributed by atoms with Gasteiger partial charge in [-0.2, -0.15) is 0 Å². The quantitative estimate of drug-likeness (QED) is 0.633. The van der Waals surface area contributed by atoms with E-state index in [1.54, 1.807) is 18.3 Å². The second-order valence-electron chi connectivity index (χ2n) is 5.67. The molecule has 0 saturated heterocycles. The number of halogens is 1. The number of carbonyl (C=O) groups is 1. The van der Waals surface area contributed by atoms with Crippen LogP contribution in [-0.4, -0.2) is 10.9 Å². The maximum Gasteiger partial charge on any atom is 0.253 e. The number of hydrogen-bond acceptors (Lipinski definition) is 3. The Morgan fingerprint density at radius 3 is 2.52 bits per heavy atom. The van der Waals surface area contributed by atoms with Gasteiger partial charge >= 0.3 is 0 Å². The van der Waals surface area contributed by atoms with Gasteiger partial charge in [-0.05, 0) is 42.8 Å². The fourth-order valence-electron chi connectivity index (χ4n) is 2.42. The van der Waals surface area contributed by atoms with Crippen molar-refractivity contribution in [3.8, 4) is 0 Å². The third-order valence-corrected chi connectivity index (χ3v) is 4.26. The predicted molar refractivity (Wildman–Crippen MR) is 104 cm³/mol. The number of nitrogens with zero attached hydrogens (tertiary/aromatic N) is 1.